The molecule has 0 radical (unpaired) electrons. The Morgan fingerprint density at radius 1 is 0.971 bits per heavy atom. The molecular formula is C27H25N5O2. The second-order valence-corrected chi connectivity index (χ2v) is 8.15. The van der Waals surface area contributed by atoms with Gasteiger partial charge in [0.15, 0.2) is 5.82 Å². The summed E-state index contributed by atoms with van der Waals surface area (Å²) in [5.41, 5.74) is 4.81. The number of methoxy groups -OCH3 is 1. The molecule has 0 saturated heterocycles. The van der Waals surface area contributed by atoms with Gasteiger partial charge in [-0.3, -0.25) is 4.79 Å². The first-order valence-electron chi connectivity index (χ1n) is 11.1. The van der Waals surface area contributed by atoms with E-state index in [1.807, 2.05) is 92.7 Å². The van der Waals surface area contributed by atoms with Gasteiger partial charge in [-0.1, -0.05) is 60.7 Å². The molecule has 1 atom stereocenters. The summed E-state index contributed by atoms with van der Waals surface area (Å²) in [4.78, 5) is 18.4. The number of benzene rings is 3. The highest BCUT2D eigenvalue weighted by Crippen LogP contribution is 2.40. The minimum absolute atomic E-state index is 0.217. The summed E-state index contributed by atoms with van der Waals surface area (Å²) in [6.07, 6.45) is 0. The van der Waals surface area contributed by atoms with E-state index in [1.165, 1.54) is 0 Å². The molecule has 1 amide bonds. The minimum atomic E-state index is -0.526. The summed E-state index contributed by atoms with van der Waals surface area (Å²) < 4.78 is 7.44. The van der Waals surface area contributed by atoms with Crippen molar-refractivity contribution in [3.8, 4) is 17.1 Å². The Hall–Kier alpha value is -4.39. The molecule has 0 spiro atoms. The quantitative estimate of drug-likeness (QED) is 0.436. The van der Waals surface area contributed by atoms with E-state index in [2.05, 4.69) is 10.6 Å². The molecule has 34 heavy (non-hydrogen) atoms. The van der Waals surface area contributed by atoms with Gasteiger partial charge < -0.3 is 15.4 Å². The highest BCUT2D eigenvalue weighted by Gasteiger charge is 2.36. The normalized spacial score (nSPS) is 14.9. The SMILES string of the molecule is COc1ccccc1C1C(C(=O)Nc2ccccc2)=C(C)Nc2nc(-c3ccccc3C)nn21. The number of aromatic nitrogens is 3. The molecule has 2 heterocycles. The molecule has 3 aromatic carbocycles. The fourth-order valence-corrected chi connectivity index (χ4v) is 4.28. The van der Waals surface area contributed by atoms with Crippen molar-refractivity contribution in [2.24, 2.45) is 0 Å². The fraction of sp³-hybridized carbons (Fsp3) is 0.148. The third kappa shape index (κ3) is 3.81. The lowest BCUT2D eigenvalue weighted by Gasteiger charge is -2.29. The van der Waals surface area contributed by atoms with Crippen LogP contribution in [0.1, 0.15) is 24.1 Å². The molecule has 0 bridgehead atoms. The highest BCUT2D eigenvalue weighted by atomic mass is 16.5. The lowest BCUT2D eigenvalue weighted by molar-refractivity contribution is -0.113. The molecule has 0 fully saturated rings. The molecule has 170 valence electrons. The van der Waals surface area contributed by atoms with Crippen LogP contribution >= 0.6 is 0 Å². The van der Waals surface area contributed by atoms with E-state index in [4.69, 9.17) is 14.8 Å². The zero-order chi connectivity index (χ0) is 23.7. The third-order valence-electron chi connectivity index (χ3n) is 5.95. The van der Waals surface area contributed by atoms with Crippen molar-refractivity contribution in [2.45, 2.75) is 19.9 Å². The number of hydrogen-bond acceptors (Lipinski definition) is 5. The lowest BCUT2D eigenvalue weighted by atomic mass is 9.94. The van der Waals surface area contributed by atoms with Crippen molar-refractivity contribution in [1.29, 1.82) is 0 Å². The Bertz CT molecular complexity index is 1390. The van der Waals surface area contributed by atoms with E-state index >= 15 is 0 Å². The minimum Gasteiger partial charge on any atom is -0.496 e. The zero-order valence-electron chi connectivity index (χ0n) is 19.2. The van der Waals surface area contributed by atoms with Crippen molar-refractivity contribution in [2.75, 3.05) is 17.7 Å². The number of nitrogens with one attached hydrogen (secondary N) is 2. The van der Waals surface area contributed by atoms with Gasteiger partial charge in [0.1, 0.15) is 11.8 Å². The number of hydrogen-bond donors (Lipinski definition) is 2. The Balaban J connectivity index is 1.65. The van der Waals surface area contributed by atoms with Crippen molar-refractivity contribution < 1.29 is 9.53 Å². The molecule has 1 aliphatic rings. The van der Waals surface area contributed by atoms with Gasteiger partial charge in [-0.15, -0.1) is 5.10 Å². The van der Waals surface area contributed by atoms with Gasteiger partial charge in [0.25, 0.3) is 5.91 Å². The summed E-state index contributed by atoms with van der Waals surface area (Å²) in [6.45, 7) is 3.91. The molecule has 7 heteroatoms. The largest absolute Gasteiger partial charge is 0.496 e. The first-order valence-corrected chi connectivity index (χ1v) is 11.1. The predicted octanol–water partition coefficient (Wildman–Crippen LogP) is 5.19. The van der Waals surface area contributed by atoms with Crippen LogP contribution in [0.2, 0.25) is 0 Å². The summed E-state index contributed by atoms with van der Waals surface area (Å²) in [5, 5.41) is 11.2. The van der Waals surface area contributed by atoms with E-state index in [-0.39, 0.29) is 5.91 Å². The molecule has 2 N–H and O–H groups in total. The number of anilines is 2. The molecule has 0 saturated carbocycles. The van der Waals surface area contributed by atoms with Crippen LogP contribution in [-0.4, -0.2) is 27.8 Å². The number of para-hydroxylation sites is 2. The second-order valence-electron chi connectivity index (χ2n) is 8.15. The Labute approximate surface area is 198 Å². The van der Waals surface area contributed by atoms with Gasteiger partial charge in [-0.2, -0.15) is 4.98 Å². The Morgan fingerprint density at radius 2 is 1.68 bits per heavy atom. The average molecular weight is 452 g/mol. The van der Waals surface area contributed by atoms with Crippen molar-refractivity contribution in [1.82, 2.24) is 14.8 Å². The van der Waals surface area contributed by atoms with Crippen LogP contribution in [0, 0.1) is 6.92 Å². The number of carbonyl (C=O) groups is 1. The number of amides is 1. The number of rotatable bonds is 5. The number of ether oxygens (including phenoxy) is 1. The molecule has 0 aliphatic carbocycles. The van der Waals surface area contributed by atoms with Crippen LogP contribution in [0.5, 0.6) is 5.75 Å². The van der Waals surface area contributed by atoms with Crippen LogP contribution < -0.4 is 15.4 Å². The molecule has 4 aromatic rings. The molecule has 7 nitrogen and oxygen atoms in total. The number of nitrogens with zero attached hydrogens (tertiary/aromatic N) is 3. The van der Waals surface area contributed by atoms with E-state index in [0.717, 1.165) is 22.4 Å². The Kier molecular flexibility index (Phi) is 5.59. The standard InChI is InChI=1S/C27H25N5O2/c1-17-11-7-8-14-20(17)25-30-27-28-18(2)23(26(33)29-19-12-5-4-6-13-19)24(32(27)31-25)21-15-9-10-16-22(21)34-3/h4-16,24H,1-3H3,(H,29,33)(H,28,30,31). The maximum absolute atomic E-state index is 13.6. The van der Waals surface area contributed by atoms with Crippen LogP contribution in [-0.2, 0) is 4.79 Å². The fourth-order valence-electron chi connectivity index (χ4n) is 4.28. The van der Waals surface area contributed by atoms with Gasteiger partial charge in [0.2, 0.25) is 5.95 Å². The van der Waals surface area contributed by atoms with Crippen LogP contribution in [0.25, 0.3) is 11.4 Å². The number of allylic oxidation sites excluding steroid dienone is 1. The van der Waals surface area contributed by atoms with Crippen molar-refractivity contribution in [3.05, 3.63) is 101 Å². The maximum atomic E-state index is 13.6. The van der Waals surface area contributed by atoms with E-state index in [0.29, 0.717) is 28.8 Å². The molecule has 1 unspecified atom stereocenters. The number of carbonyl (C=O) groups excluding carboxylic acids is 1. The number of aryl methyl sites for hydroxylation is 1. The first kappa shape index (κ1) is 21.5. The van der Waals surface area contributed by atoms with E-state index in [9.17, 15) is 4.79 Å². The van der Waals surface area contributed by atoms with Gasteiger partial charge in [-0.25, -0.2) is 4.68 Å². The van der Waals surface area contributed by atoms with E-state index in [1.54, 1.807) is 11.8 Å². The summed E-state index contributed by atoms with van der Waals surface area (Å²) in [7, 11) is 1.63. The monoisotopic (exact) mass is 451 g/mol. The highest BCUT2D eigenvalue weighted by molar-refractivity contribution is 6.06. The van der Waals surface area contributed by atoms with E-state index < -0.39 is 6.04 Å². The summed E-state index contributed by atoms with van der Waals surface area (Å²) in [6, 6.07) is 24.5. The molecule has 1 aliphatic heterocycles. The second kappa shape index (κ2) is 8.86. The van der Waals surface area contributed by atoms with Crippen LogP contribution in [0.15, 0.2) is 90.1 Å². The van der Waals surface area contributed by atoms with Gasteiger partial charge in [-0.05, 0) is 37.6 Å². The average Bonchev–Trinajstić information content (AvgIpc) is 3.27. The van der Waals surface area contributed by atoms with Crippen molar-refractivity contribution >= 4 is 17.5 Å². The topological polar surface area (TPSA) is 81.1 Å². The molecule has 1 aromatic heterocycles. The van der Waals surface area contributed by atoms with Crippen molar-refractivity contribution in [3.63, 3.8) is 0 Å². The summed E-state index contributed by atoms with van der Waals surface area (Å²) >= 11 is 0. The Morgan fingerprint density at radius 3 is 2.44 bits per heavy atom. The van der Waals surface area contributed by atoms with Crippen LogP contribution in [0.3, 0.4) is 0 Å². The smallest absolute Gasteiger partial charge is 0.255 e. The van der Waals surface area contributed by atoms with Gasteiger partial charge >= 0.3 is 0 Å². The molecular weight excluding hydrogens is 426 g/mol. The van der Waals surface area contributed by atoms with Gasteiger partial charge in [0.05, 0.1) is 12.7 Å². The summed E-state index contributed by atoms with van der Waals surface area (Å²) in [5.74, 6) is 1.62. The number of fused-ring (bicyclic) bond motifs is 1. The third-order valence-corrected chi connectivity index (χ3v) is 5.95. The maximum Gasteiger partial charge on any atom is 0.255 e. The lowest BCUT2D eigenvalue weighted by Crippen LogP contribution is -2.31. The first-order chi connectivity index (χ1) is 16.6. The predicted molar refractivity (Wildman–Crippen MR) is 133 cm³/mol. The van der Waals surface area contributed by atoms with Gasteiger partial charge in [0, 0.05) is 22.5 Å². The van der Waals surface area contributed by atoms with Crippen LogP contribution in [0.4, 0.5) is 11.6 Å². The molecule has 5 rings (SSSR count). The zero-order valence-corrected chi connectivity index (χ0v) is 19.2.